The fourth-order valence-corrected chi connectivity index (χ4v) is 3.76. The number of aromatic nitrogens is 1. The molecular formula is C25H35F2N5O3. The van der Waals surface area contributed by atoms with Gasteiger partial charge in [-0.3, -0.25) is 14.5 Å². The summed E-state index contributed by atoms with van der Waals surface area (Å²) in [7, 11) is 1.56. The maximum Gasteiger partial charge on any atom is 0.265 e. The van der Waals surface area contributed by atoms with Crippen LogP contribution in [0.25, 0.3) is 0 Å². The zero-order chi connectivity index (χ0) is 26.0. The maximum atomic E-state index is 15.0. The lowest BCUT2D eigenvalue weighted by Gasteiger charge is -2.36. The van der Waals surface area contributed by atoms with Crippen LogP contribution in [-0.2, 0) is 16.1 Å². The Bertz CT molecular complexity index is 997. The fourth-order valence-electron chi connectivity index (χ4n) is 3.76. The molecule has 8 nitrogen and oxygen atoms in total. The summed E-state index contributed by atoms with van der Waals surface area (Å²) in [6.07, 6.45) is 0.563. The number of anilines is 2. The Morgan fingerprint density at radius 1 is 1.17 bits per heavy atom. The second-order valence-corrected chi connectivity index (χ2v) is 7.85. The minimum absolute atomic E-state index is 0.114. The van der Waals surface area contributed by atoms with Crippen LogP contribution < -0.4 is 20.3 Å². The predicted octanol–water partition coefficient (Wildman–Crippen LogP) is 3.49. The average molecular weight is 492 g/mol. The second kappa shape index (κ2) is 13.6. The van der Waals surface area contributed by atoms with Gasteiger partial charge in [-0.15, -0.1) is 0 Å². The number of hydrogen-bond donors (Lipinski definition) is 2. The quantitative estimate of drug-likeness (QED) is 0.492. The molecule has 1 fully saturated rings. The van der Waals surface area contributed by atoms with Crippen molar-refractivity contribution in [2.45, 2.75) is 46.8 Å². The minimum atomic E-state index is -0.586. The molecule has 35 heavy (non-hydrogen) atoms. The molecule has 192 valence electrons. The van der Waals surface area contributed by atoms with Crippen LogP contribution in [0.4, 0.5) is 20.2 Å². The number of rotatable bonds is 5. The fraction of sp³-hybridized carbons (Fsp3) is 0.480. The summed E-state index contributed by atoms with van der Waals surface area (Å²) in [5.74, 6) is -0.870. The van der Waals surface area contributed by atoms with E-state index in [2.05, 4.69) is 20.5 Å². The average Bonchev–Trinajstić information content (AvgIpc) is 2.88. The largest absolute Gasteiger partial charge is 0.478 e. The van der Waals surface area contributed by atoms with Crippen molar-refractivity contribution in [1.82, 2.24) is 15.2 Å². The van der Waals surface area contributed by atoms with Crippen LogP contribution in [0.15, 0.2) is 24.3 Å². The Morgan fingerprint density at radius 2 is 1.83 bits per heavy atom. The normalized spacial score (nSPS) is 16.9. The first-order valence-corrected chi connectivity index (χ1v) is 11.9. The van der Waals surface area contributed by atoms with Crippen LogP contribution in [0, 0.1) is 18.7 Å². The molecule has 2 N–H and O–H groups in total. The lowest BCUT2D eigenvalue weighted by Crippen LogP contribution is -2.46. The third-order valence-corrected chi connectivity index (χ3v) is 5.56. The molecule has 0 spiro atoms. The number of carbonyl (C=O) groups excluding carboxylic acids is 2. The monoisotopic (exact) mass is 491 g/mol. The highest BCUT2D eigenvalue weighted by molar-refractivity contribution is 5.98. The summed E-state index contributed by atoms with van der Waals surface area (Å²) in [6.45, 7) is 10.6. The predicted molar refractivity (Wildman–Crippen MR) is 133 cm³/mol. The van der Waals surface area contributed by atoms with Crippen molar-refractivity contribution in [2.75, 3.05) is 43.4 Å². The molecule has 2 aliphatic heterocycles. The molecule has 0 saturated carbocycles. The van der Waals surface area contributed by atoms with E-state index in [-0.39, 0.29) is 11.6 Å². The molecule has 2 aliphatic rings. The minimum Gasteiger partial charge on any atom is -0.478 e. The lowest BCUT2D eigenvalue weighted by atomic mass is 10.1. The SMILES string of the molecule is CC.CCC1Oc2ccc(CN3CCN(c4ccc(C)nc4F)CC3)c(F)c2NC1=O.CNC=O. The number of hydrogen-bond acceptors (Lipinski definition) is 6. The molecule has 1 atom stereocenters. The molecule has 1 unspecified atom stereocenters. The Labute approximate surface area is 205 Å². The van der Waals surface area contributed by atoms with Crippen LogP contribution in [0.3, 0.4) is 0 Å². The van der Waals surface area contributed by atoms with E-state index in [1.807, 2.05) is 25.7 Å². The molecular weight excluding hydrogens is 456 g/mol. The number of aryl methyl sites for hydroxylation is 1. The molecule has 3 heterocycles. The van der Waals surface area contributed by atoms with Gasteiger partial charge in [0.1, 0.15) is 11.4 Å². The van der Waals surface area contributed by atoms with Crippen molar-refractivity contribution < 1.29 is 23.1 Å². The molecule has 4 rings (SSSR count). The van der Waals surface area contributed by atoms with Crippen LogP contribution in [-0.4, -0.2) is 61.5 Å². The van der Waals surface area contributed by atoms with E-state index in [0.717, 1.165) is 0 Å². The van der Waals surface area contributed by atoms with E-state index in [4.69, 9.17) is 9.53 Å². The Morgan fingerprint density at radius 3 is 2.40 bits per heavy atom. The van der Waals surface area contributed by atoms with Gasteiger partial charge in [0.25, 0.3) is 5.91 Å². The van der Waals surface area contributed by atoms with Gasteiger partial charge < -0.3 is 20.3 Å². The summed E-state index contributed by atoms with van der Waals surface area (Å²) in [6, 6.07) is 6.96. The van der Waals surface area contributed by atoms with E-state index in [1.165, 1.54) is 0 Å². The number of benzene rings is 1. The van der Waals surface area contributed by atoms with Gasteiger partial charge in [0.2, 0.25) is 12.4 Å². The highest BCUT2D eigenvalue weighted by Gasteiger charge is 2.30. The topological polar surface area (TPSA) is 86.8 Å². The van der Waals surface area contributed by atoms with Gasteiger partial charge in [-0.05, 0) is 31.5 Å². The molecule has 1 aromatic carbocycles. The van der Waals surface area contributed by atoms with Crippen molar-refractivity contribution in [3.8, 4) is 5.75 Å². The number of nitrogens with zero attached hydrogens (tertiary/aromatic N) is 3. The third kappa shape index (κ3) is 7.11. The number of pyridine rings is 1. The molecule has 2 amide bonds. The smallest absolute Gasteiger partial charge is 0.265 e. The van der Waals surface area contributed by atoms with Gasteiger partial charge in [-0.2, -0.15) is 4.39 Å². The molecule has 2 aromatic rings. The van der Waals surface area contributed by atoms with Gasteiger partial charge in [-0.1, -0.05) is 26.8 Å². The van der Waals surface area contributed by atoms with Crippen molar-refractivity contribution in [1.29, 1.82) is 0 Å². The van der Waals surface area contributed by atoms with E-state index >= 15 is 0 Å². The Hall–Kier alpha value is -3.27. The summed E-state index contributed by atoms with van der Waals surface area (Å²) >= 11 is 0. The maximum absolute atomic E-state index is 15.0. The molecule has 1 saturated heterocycles. The molecule has 10 heteroatoms. The summed E-state index contributed by atoms with van der Waals surface area (Å²) < 4.78 is 34.7. The number of fused-ring (bicyclic) bond motifs is 1. The first-order chi connectivity index (χ1) is 16.9. The van der Waals surface area contributed by atoms with Crippen LogP contribution in [0.5, 0.6) is 5.75 Å². The van der Waals surface area contributed by atoms with Gasteiger partial charge in [-0.25, -0.2) is 9.37 Å². The highest BCUT2D eigenvalue weighted by Crippen LogP contribution is 2.35. The van der Waals surface area contributed by atoms with Crippen molar-refractivity contribution in [2.24, 2.45) is 0 Å². The van der Waals surface area contributed by atoms with Gasteiger partial charge >= 0.3 is 0 Å². The van der Waals surface area contributed by atoms with Crippen LogP contribution >= 0.6 is 0 Å². The first kappa shape index (κ1) is 28.0. The van der Waals surface area contributed by atoms with Gasteiger partial charge in [0.05, 0.1) is 5.69 Å². The van der Waals surface area contributed by atoms with Crippen molar-refractivity contribution >= 4 is 23.7 Å². The zero-order valence-corrected chi connectivity index (χ0v) is 21.0. The van der Waals surface area contributed by atoms with Gasteiger partial charge in [0, 0.05) is 51.0 Å². The van der Waals surface area contributed by atoms with E-state index < -0.39 is 17.9 Å². The Balaban J connectivity index is 0.000000655. The molecule has 0 aliphatic carbocycles. The lowest BCUT2D eigenvalue weighted by molar-refractivity contribution is -0.123. The molecule has 1 aromatic heterocycles. The summed E-state index contributed by atoms with van der Waals surface area (Å²) in [5, 5.41) is 4.88. The third-order valence-electron chi connectivity index (χ3n) is 5.56. The number of piperazine rings is 1. The van der Waals surface area contributed by atoms with Crippen molar-refractivity contribution in [3.63, 3.8) is 0 Å². The number of amides is 2. The number of nitrogens with one attached hydrogen (secondary N) is 2. The van der Waals surface area contributed by atoms with E-state index in [0.29, 0.717) is 68.2 Å². The van der Waals surface area contributed by atoms with E-state index in [9.17, 15) is 13.6 Å². The standard InChI is InChI=1S/C21H24F2N4O2.C2H5NO.C2H6/c1-3-16-21(28)25-19-17(29-16)7-5-14(18(19)22)12-26-8-10-27(11-9-26)15-6-4-13(2)24-20(15)23;1-3-2-4;1-2/h4-7,16H,3,8-12H2,1-2H3,(H,25,28);2H,1H3,(H,3,4);1-2H3. The van der Waals surface area contributed by atoms with E-state index in [1.54, 1.807) is 38.2 Å². The Kier molecular flexibility index (Phi) is 10.8. The number of halogens is 2. The molecule has 0 radical (unpaired) electrons. The van der Waals surface area contributed by atoms with Crippen LogP contribution in [0.2, 0.25) is 0 Å². The van der Waals surface area contributed by atoms with Gasteiger partial charge in [0.15, 0.2) is 11.9 Å². The zero-order valence-electron chi connectivity index (χ0n) is 21.0. The number of ether oxygens (including phenoxy) is 1. The van der Waals surface area contributed by atoms with Crippen LogP contribution in [0.1, 0.15) is 38.4 Å². The van der Waals surface area contributed by atoms with Crippen molar-refractivity contribution in [3.05, 3.63) is 47.3 Å². The first-order valence-electron chi connectivity index (χ1n) is 11.9. The molecule has 0 bridgehead atoms. The highest BCUT2D eigenvalue weighted by atomic mass is 19.1. The second-order valence-electron chi connectivity index (χ2n) is 7.85. The summed E-state index contributed by atoms with van der Waals surface area (Å²) in [5.41, 5.74) is 1.76. The summed E-state index contributed by atoms with van der Waals surface area (Å²) in [4.78, 5) is 29.0. The number of carbonyl (C=O) groups is 2.